The molecule has 0 bridgehead atoms. The smallest absolute Gasteiger partial charge is 0.330 e. The first kappa shape index (κ1) is 25.2. The molecule has 0 heterocycles. The molecule has 26 heavy (non-hydrogen) atoms. The third-order valence-corrected chi connectivity index (χ3v) is 4.68. The lowest BCUT2D eigenvalue weighted by Gasteiger charge is -2.18. The molecule has 0 aliphatic heterocycles. The van der Waals surface area contributed by atoms with Gasteiger partial charge >= 0.3 is 5.97 Å². The fraction of sp³-hybridized carbons (Fsp3) is 0.696. The SMILES string of the molecule is CCCCCCCCOC(=O)/C=C/C(C)(C)C/C=C(\C)CC/C=C(\C)Br. The maximum atomic E-state index is 11.8. The quantitative estimate of drug-likeness (QED) is 0.122. The van der Waals surface area contributed by atoms with E-state index in [0.717, 1.165) is 32.1 Å². The second kappa shape index (κ2) is 15.2. The zero-order chi connectivity index (χ0) is 19.8. The van der Waals surface area contributed by atoms with Crippen LogP contribution in [0.1, 0.15) is 92.4 Å². The van der Waals surface area contributed by atoms with Crippen molar-refractivity contribution in [1.29, 1.82) is 0 Å². The number of carbonyl (C=O) groups excluding carboxylic acids is 1. The van der Waals surface area contributed by atoms with E-state index in [0.29, 0.717) is 6.61 Å². The Morgan fingerprint density at radius 1 is 1.04 bits per heavy atom. The largest absolute Gasteiger partial charge is 0.463 e. The van der Waals surface area contributed by atoms with Crippen molar-refractivity contribution in [2.75, 3.05) is 6.61 Å². The molecule has 0 N–H and O–H groups in total. The molecule has 0 aliphatic rings. The van der Waals surface area contributed by atoms with E-state index < -0.39 is 0 Å². The van der Waals surface area contributed by atoms with Crippen molar-refractivity contribution < 1.29 is 9.53 Å². The van der Waals surface area contributed by atoms with E-state index in [1.165, 1.54) is 35.7 Å². The normalized spacial score (nSPS) is 13.5. The van der Waals surface area contributed by atoms with Gasteiger partial charge in [-0.25, -0.2) is 4.79 Å². The minimum absolute atomic E-state index is 0.0401. The number of halogens is 1. The zero-order valence-corrected chi connectivity index (χ0v) is 19.2. The molecule has 150 valence electrons. The van der Waals surface area contributed by atoms with E-state index in [1.807, 2.05) is 6.08 Å². The number of esters is 1. The van der Waals surface area contributed by atoms with Crippen LogP contribution < -0.4 is 0 Å². The highest BCUT2D eigenvalue weighted by atomic mass is 79.9. The average molecular weight is 427 g/mol. The summed E-state index contributed by atoms with van der Waals surface area (Å²) < 4.78 is 6.48. The molecule has 0 atom stereocenters. The van der Waals surface area contributed by atoms with Gasteiger partial charge in [-0.15, -0.1) is 0 Å². The Morgan fingerprint density at radius 2 is 1.69 bits per heavy atom. The molecule has 0 rings (SSSR count). The fourth-order valence-electron chi connectivity index (χ4n) is 2.50. The molecule has 0 saturated carbocycles. The number of unbranched alkanes of at least 4 members (excludes halogenated alkanes) is 5. The number of allylic oxidation sites excluding steroid dienone is 5. The van der Waals surface area contributed by atoms with Crippen molar-refractivity contribution in [1.82, 2.24) is 0 Å². The molecule has 0 fully saturated rings. The molecular formula is C23H39BrO2. The summed E-state index contributed by atoms with van der Waals surface area (Å²) in [6, 6.07) is 0. The van der Waals surface area contributed by atoms with Gasteiger partial charge in [0.2, 0.25) is 0 Å². The molecule has 0 amide bonds. The zero-order valence-electron chi connectivity index (χ0n) is 17.6. The lowest BCUT2D eigenvalue weighted by atomic mass is 9.87. The average Bonchev–Trinajstić information content (AvgIpc) is 2.57. The summed E-state index contributed by atoms with van der Waals surface area (Å²) in [7, 11) is 0. The van der Waals surface area contributed by atoms with Crippen molar-refractivity contribution in [3.63, 3.8) is 0 Å². The molecule has 2 nitrogen and oxygen atoms in total. The molecular weight excluding hydrogens is 388 g/mol. The Balaban J connectivity index is 4.06. The summed E-state index contributed by atoms with van der Waals surface area (Å²) >= 11 is 3.45. The summed E-state index contributed by atoms with van der Waals surface area (Å²) in [5, 5.41) is 0. The molecule has 0 aromatic heterocycles. The fourth-order valence-corrected chi connectivity index (χ4v) is 2.73. The van der Waals surface area contributed by atoms with Crippen molar-refractivity contribution in [3.8, 4) is 0 Å². The van der Waals surface area contributed by atoms with E-state index in [1.54, 1.807) is 6.08 Å². The van der Waals surface area contributed by atoms with Gasteiger partial charge in [0, 0.05) is 6.08 Å². The van der Waals surface area contributed by atoms with Gasteiger partial charge in [0.15, 0.2) is 0 Å². The lowest BCUT2D eigenvalue weighted by molar-refractivity contribution is -0.137. The number of hydrogen-bond donors (Lipinski definition) is 0. The van der Waals surface area contributed by atoms with Gasteiger partial charge in [-0.1, -0.05) is 92.6 Å². The molecule has 0 aromatic rings. The van der Waals surface area contributed by atoms with E-state index >= 15 is 0 Å². The Kier molecular flexibility index (Phi) is 14.8. The molecule has 0 saturated heterocycles. The number of ether oxygens (including phenoxy) is 1. The topological polar surface area (TPSA) is 26.3 Å². The molecule has 3 heteroatoms. The minimum atomic E-state index is -0.217. The van der Waals surface area contributed by atoms with Crippen LogP contribution in [-0.2, 0) is 9.53 Å². The summed E-state index contributed by atoms with van der Waals surface area (Å²) in [5.74, 6) is -0.217. The van der Waals surface area contributed by atoms with Crippen molar-refractivity contribution >= 4 is 21.9 Å². The molecule has 0 aliphatic carbocycles. The molecule has 0 aromatic carbocycles. The third-order valence-electron chi connectivity index (χ3n) is 4.35. The van der Waals surface area contributed by atoms with Crippen LogP contribution in [0.25, 0.3) is 0 Å². The highest BCUT2D eigenvalue weighted by Crippen LogP contribution is 2.24. The Hall–Kier alpha value is -0.830. The van der Waals surface area contributed by atoms with E-state index in [-0.39, 0.29) is 11.4 Å². The second-order valence-electron chi connectivity index (χ2n) is 7.84. The third kappa shape index (κ3) is 16.6. The first-order chi connectivity index (χ1) is 12.3. The summed E-state index contributed by atoms with van der Waals surface area (Å²) in [4.78, 5) is 11.8. The van der Waals surface area contributed by atoms with E-state index in [4.69, 9.17) is 4.74 Å². The number of carbonyl (C=O) groups is 1. The van der Waals surface area contributed by atoms with Gasteiger partial charge in [0.1, 0.15) is 0 Å². The van der Waals surface area contributed by atoms with Crippen LogP contribution >= 0.6 is 15.9 Å². The maximum Gasteiger partial charge on any atom is 0.330 e. The highest BCUT2D eigenvalue weighted by molar-refractivity contribution is 9.11. The molecule has 0 spiro atoms. The lowest BCUT2D eigenvalue weighted by Crippen LogP contribution is -2.09. The Morgan fingerprint density at radius 3 is 2.35 bits per heavy atom. The van der Waals surface area contributed by atoms with Crippen LogP contribution in [0.4, 0.5) is 0 Å². The molecule has 0 radical (unpaired) electrons. The standard InChI is InChI=1S/C23H39BrO2/c1-6-7-8-9-10-11-19-26-22(25)16-18-23(4,5)17-15-20(2)13-12-14-21(3)24/h14-16,18H,6-13,17,19H2,1-5H3/b18-16+,20-15+,21-14+. The van der Waals surface area contributed by atoms with Gasteiger partial charge < -0.3 is 4.74 Å². The maximum absolute atomic E-state index is 11.8. The van der Waals surface area contributed by atoms with E-state index in [9.17, 15) is 4.79 Å². The predicted octanol–water partition coefficient (Wildman–Crippen LogP) is 7.89. The highest BCUT2D eigenvalue weighted by Gasteiger charge is 2.13. The van der Waals surface area contributed by atoms with Gasteiger partial charge in [-0.2, -0.15) is 0 Å². The van der Waals surface area contributed by atoms with Gasteiger partial charge in [-0.05, 0) is 49.4 Å². The van der Waals surface area contributed by atoms with Crippen LogP contribution in [-0.4, -0.2) is 12.6 Å². The van der Waals surface area contributed by atoms with Crippen LogP contribution in [0, 0.1) is 5.41 Å². The van der Waals surface area contributed by atoms with Crippen LogP contribution in [0.15, 0.2) is 34.4 Å². The summed E-state index contributed by atoms with van der Waals surface area (Å²) in [5.41, 5.74) is 1.35. The summed E-state index contributed by atoms with van der Waals surface area (Å²) in [6.07, 6.45) is 18.3. The molecule has 0 unspecified atom stereocenters. The number of rotatable bonds is 14. The Bertz CT molecular complexity index is 469. The minimum Gasteiger partial charge on any atom is -0.463 e. The van der Waals surface area contributed by atoms with Gasteiger partial charge in [0.25, 0.3) is 0 Å². The van der Waals surface area contributed by atoms with Gasteiger partial charge in [-0.3, -0.25) is 0 Å². The predicted molar refractivity (Wildman–Crippen MR) is 118 cm³/mol. The van der Waals surface area contributed by atoms with Crippen LogP contribution in [0.3, 0.4) is 0 Å². The monoisotopic (exact) mass is 426 g/mol. The Labute approximate surface area is 170 Å². The number of hydrogen-bond acceptors (Lipinski definition) is 2. The van der Waals surface area contributed by atoms with Crippen molar-refractivity contribution in [3.05, 3.63) is 34.4 Å². The van der Waals surface area contributed by atoms with Gasteiger partial charge in [0.05, 0.1) is 6.61 Å². The first-order valence-corrected chi connectivity index (χ1v) is 10.9. The van der Waals surface area contributed by atoms with Crippen LogP contribution in [0.5, 0.6) is 0 Å². The van der Waals surface area contributed by atoms with E-state index in [2.05, 4.69) is 62.7 Å². The van der Waals surface area contributed by atoms with Crippen molar-refractivity contribution in [2.24, 2.45) is 5.41 Å². The first-order valence-electron chi connectivity index (χ1n) is 10.1. The van der Waals surface area contributed by atoms with Crippen LogP contribution in [0.2, 0.25) is 0 Å². The van der Waals surface area contributed by atoms with Crippen molar-refractivity contribution in [2.45, 2.75) is 92.4 Å². The second-order valence-corrected chi connectivity index (χ2v) is 9.09. The summed E-state index contributed by atoms with van der Waals surface area (Å²) in [6.45, 7) is 11.3.